The fraction of sp³-hybridized carbons (Fsp3) is 0.0526. The Morgan fingerprint density at radius 1 is 1.04 bits per heavy atom. The van der Waals surface area contributed by atoms with E-state index in [0.29, 0.717) is 16.6 Å². The van der Waals surface area contributed by atoms with Crippen molar-refractivity contribution in [2.24, 2.45) is 7.05 Å². The van der Waals surface area contributed by atoms with Gasteiger partial charge in [-0.15, -0.1) is 0 Å². The van der Waals surface area contributed by atoms with Crippen molar-refractivity contribution >= 4 is 22.5 Å². The molecule has 7 heteroatoms. The SMILES string of the molecule is Cn1nc(C(=O)Nc2ccc(-n3cccn3)cc2)c(=O)c2ccccc21. The molecule has 0 unspecified atom stereocenters. The molecule has 2 aromatic heterocycles. The van der Waals surface area contributed by atoms with E-state index < -0.39 is 5.91 Å². The average Bonchev–Trinajstić information content (AvgIpc) is 3.20. The van der Waals surface area contributed by atoms with Crippen LogP contribution in [0.3, 0.4) is 0 Å². The molecule has 2 heterocycles. The van der Waals surface area contributed by atoms with Crippen molar-refractivity contribution in [1.82, 2.24) is 19.6 Å². The standard InChI is InChI=1S/C19H15N5O2/c1-23-16-6-3-2-5-15(16)18(25)17(22-23)19(26)21-13-7-9-14(10-8-13)24-12-4-11-20-24/h2-12H,1H3,(H,21,26). The van der Waals surface area contributed by atoms with Crippen LogP contribution in [0.4, 0.5) is 5.69 Å². The molecule has 7 nitrogen and oxygen atoms in total. The number of aryl methyl sites for hydroxylation is 1. The van der Waals surface area contributed by atoms with Crippen LogP contribution in [-0.2, 0) is 7.05 Å². The van der Waals surface area contributed by atoms with E-state index in [4.69, 9.17) is 0 Å². The van der Waals surface area contributed by atoms with Gasteiger partial charge in [-0.1, -0.05) is 12.1 Å². The Kier molecular flexibility index (Phi) is 3.81. The number of carbonyl (C=O) groups excluding carboxylic acids is 1. The van der Waals surface area contributed by atoms with Gasteiger partial charge in [0.05, 0.1) is 11.2 Å². The Balaban J connectivity index is 1.63. The number of nitrogens with zero attached hydrogens (tertiary/aromatic N) is 4. The highest BCUT2D eigenvalue weighted by molar-refractivity contribution is 6.04. The van der Waals surface area contributed by atoms with Crippen molar-refractivity contribution in [3.63, 3.8) is 0 Å². The molecule has 0 aliphatic heterocycles. The lowest BCUT2D eigenvalue weighted by Crippen LogP contribution is -2.26. The maximum absolute atomic E-state index is 12.6. The van der Waals surface area contributed by atoms with E-state index in [9.17, 15) is 9.59 Å². The van der Waals surface area contributed by atoms with E-state index in [1.165, 1.54) is 4.68 Å². The van der Waals surface area contributed by atoms with E-state index in [2.05, 4.69) is 15.5 Å². The molecule has 0 fully saturated rings. The first-order valence-electron chi connectivity index (χ1n) is 8.01. The first-order valence-corrected chi connectivity index (χ1v) is 8.01. The number of carbonyl (C=O) groups is 1. The minimum atomic E-state index is -0.539. The van der Waals surface area contributed by atoms with Crippen LogP contribution in [0, 0.1) is 0 Å². The van der Waals surface area contributed by atoms with Gasteiger partial charge in [0.25, 0.3) is 5.91 Å². The topological polar surface area (TPSA) is 81.8 Å². The van der Waals surface area contributed by atoms with Gasteiger partial charge in [-0.3, -0.25) is 14.3 Å². The van der Waals surface area contributed by atoms with E-state index in [1.807, 2.05) is 30.5 Å². The number of para-hydroxylation sites is 1. The lowest BCUT2D eigenvalue weighted by atomic mass is 10.2. The van der Waals surface area contributed by atoms with Crippen LogP contribution < -0.4 is 10.7 Å². The fourth-order valence-electron chi connectivity index (χ4n) is 2.78. The summed E-state index contributed by atoms with van der Waals surface area (Å²) in [6.07, 6.45) is 3.52. The van der Waals surface area contributed by atoms with Gasteiger partial charge in [-0.05, 0) is 42.5 Å². The van der Waals surface area contributed by atoms with Crippen LogP contribution >= 0.6 is 0 Å². The number of anilines is 1. The normalized spacial score (nSPS) is 10.8. The lowest BCUT2D eigenvalue weighted by Gasteiger charge is -2.09. The molecule has 2 aromatic carbocycles. The molecule has 0 atom stereocenters. The Hall–Kier alpha value is -3.74. The summed E-state index contributed by atoms with van der Waals surface area (Å²) >= 11 is 0. The van der Waals surface area contributed by atoms with E-state index in [-0.39, 0.29) is 11.1 Å². The van der Waals surface area contributed by atoms with Crippen molar-refractivity contribution in [2.75, 3.05) is 5.32 Å². The lowest BCUT2D eigenvalue weighted by molar-refractivity contribution is 0.101. The Bertz CT molecular complexity index is 1140. The molecule has 1 amide bonds. The summed E-state index contributed by atoms with van der Waals surface area (Å²) in [6, 6.07) is 16.1. The van der Waals surface area contributed by atoms with E-state index >= 15 is 0 Å². The van der Waals surface area contributed by atoms with Crippen LogP contribution in [0.15, 0.2) is 71.8 Å². The van der Waals surface area contributed by atoms with Crippen molar-refractivity contribution in [1.29, 1.82) is 0 Å². The summed E-state index contributed by atoms with van der Waals surface area (Å²) in [5.74, 6) is -0.539. The van der Waals surface area contributed by atoms with Crippen LogP contribution in [0.25, 0.3) is 16.6 Å². The van der Waals surface area contributed by atoms with Gasteiger partial charge in [-0.25, -0.2) is 4.68 Å². The first-order chi connectivity index (χ1) is 12.6. The number of amides is 1. The van der Waals surface area contributed by atoms with E-state index in [1.54, 1.807) is 48.3 Å². The molecule has 1 N–H and O–H groups in total. The molecule has 0 radical (unpaired) electrons. The quantitative estimate of drug-likeness (QED) is 0.618. The highest BCUT2D eigenvalue weighted by atomic mass is 16.2. The maximum atomic E-state index is 12.6. The second kappa shape index (κ2) is 6.29. The van der Waals surface area contributed by atoms with Crippen molar-refractivity contribution in [2.45, 2.75) is 0 Å². The van der Waals surface area contributed by atoms with Gasteiger partial charge in [-0.2, -0.15) is 10.2 Å². The van der Waals surface area contributed by atoms with Crippen molar-refractivity contribution in [3.8, 4) is 5.69 Å². The summed E-state index contributed by atoms with van der Waals surface area (Å²) in [5, 5.41) is 11.5. The molecule has 0 saturated heterocycles. The summed E-state index contributed by atoms with van der Waals surface area (Å²) in [7, 11) is 1.71. The molecule has 0 saturated carbocycles. The highest BCUT2D eigenvalue weighted by Crippen LogP contribution is 2.14. The van der Waals surface area contributed by atoms with Gasteiger partial charge in [0.2, 0.25) is 5.43 Å². The number of benzene rings is 2. The predicted molar refractivity (Wildman–Crippen MR) is 98.5 cm³/mol. The molecule has 0 spiro atoms. The van der Waals surface area contributed by atoms with Crippen LogP contribution in [-0.4, -0.2) is 25.5 Å². The Morgan fingerprint density at radius 2 is 1.81 bits per heavy atom. The monoisotopic (exact) mass is 345 g/mol. The number of nitrogens with one attached hydrogen (secondary N) is 1. The zero-order chi connectivity index (χ0) is 18.1. The third-order valence-corrected chi connectivity index (χ3v) is 4.07. The third-order valence-electron chi connectivity index (χ3n) is 4.07. The van der Waals surface area contributed by atoms with Crippen LogP contribution in [0.5, 0.6) is 0 Å². The molecule has 4 aromatic rings. The van der Waals surface area contributed by atoms with Gasteiger partial charge >= 0.3 is 0 Å². The zero-order valence-electron chi connectivity index (χ0n) is 14.0. The Labute approximate surface area is 148 Å². The minimum Gasteiger partial charge on any atom is -0.320 e. The molecule has 0 bridgehead atoms. The molecule has 0 aliphatic carbocycles. The average molecular weight is 345 g/mol. The highest BCUT2D eigenvalue weighted by Gasteiger charge is 2.16. The molecule has 0 aliphatic rings. The number of rotatable bonds is 3. The van der Waals surface area contributed by atoms with Crippen LogP contribution in [0.1, 0.15) is 10.5 Å². The number of aromatic nitrogens is 4. The Morgan fingerprint density at radius 3 is 2.54 bits per heavy atom. The molecule has 128 valence electrons. The number of fused-ring (bicyclic) bond motifs is 1. The van der Waals surface area contributed by atoms with E-state index in [0.717, 1.165) is 5.69 Å². The van der Waals surface area contributed by atoms with Crippen molar-refractivity contribution in [3.05, 3.63) is 82.9 Å². The van der Waals surface area contributed by atoms with Gasteiger partial charge in [0, 0.05) is 30.5 Å². The van der Waals surface area contributed by atoms with Crippen LogP contribution in [0.2, 0.25) is 0 Å². The summed E-state index contributed by atoms with van der Waals surface area (Å²) < 4.78 is 3.25. The number of hydrogen-bond donors (Lipinski definition) is 1. The molecular weight excluding hydrogens is 330 g/mol. The van der Waals surface area contributed by atoms with Gasteiger partial charge < -0.3 is 5.32 Å². The molecule has 4 rings (SSSR count). The predicted octanol–water partition coefficient (Wildman–Crippen LogP) is 2.37. The van der Waals surface area contributed by atoms with Gasteiger partial charge in [0.15, 0.2) is 5.69 Å². The summed E-state index contributed by atoms with van der Waals surface area (Å²) in [5.41, 5.74) is 1.60. The largest absolute Gasteiger partial charge is 0.320 e. The smallest absolute Gasteiger partial charge is 0.280 e. The third kappa shape index (κ3) is 2.75. The zero-order valence-corrected chi connectivity index (χ0v) is 14.0. The maximum Gasteiger partial charge on any atom is 0.280 e. The summed E-state index contributed by atoms with van der Waals surface area (Å²) in [4.78, 5) is 25.1. The minimum absolute atomic E-state index is 0.137. The first kappa shape index (κ1) is 15.8. The van der Waals surface area contributed by atoms with Crippen molar-refractivity contribution < 1.29 is 4.79 Å². The molecule has 26 heavy (non-hydrogen) atoms. The fourth-order valence-corrected chi connectivity index (χ4v) is 2.78. The second-order valence-electron chi connectivity index (χ2n) is 5.77. The second-order valence-corrected chi connectivity index (χ2v) is 5.77. The summed E-state index contributed by atoms with van der Waals surface area (Å²) in [6.45, 7) is 0. The number of hydrogen-bond acceptors (Lipinski definition) is 4. The molecular formula is C19H15N5O2. The van der Waals surface area contributed by atoms with Gasteiger partial charge in [0.1, 0.15) is 0 Å².